The summed E-state index contributed by atoms with van der Waals surface area (Å²) < 4.78 is 1.01. The quantitative estimate of drug-likeness (QED) is 0.896. The molecule has 3 N–H and O–H groups in total. The van der Waals surface area contributed by atoms with Gasteiger partial charge in [0.15, 0.2) is 0 Å². The van der Waals surface area contributed by atoms with E-state index in [0.717, 1.165) is 10.0 Å². The molecule has 3 nitrogen and oxygen atoms in total. The Morgan fingerprint density at radius 2 is 2.18 bits per heavy atom. The molecule has 1 aromatic rings. The zero-order valence-electron chi connectivity index (χ0n) is 9.94. The van der Waals surface area contributed by atoms with Crippen molar-refractivity contribution >= 4 is 34.2 Å². The van der Waals surface area contributed by atoms with Gasteiger partial charge in [-0.2, -0.15) is 0 Å². The number of carbonyl (C=O) groups excluding carboxylic acids is 1. The molecule has 17 heavy (non-hydrogen) atoms. The third-order valence-corrected chi connectivity index (χ3v) is 2.98. The van der Waals surface area contributed by atoms with Crippen LogP contribution in [-0.2, 0) is 4.79 Å². The second kappa shape index (κ2) is 7.69. The van der Waals surface area contributed by atoms with Gasteiger partial charge in [-0.25, -0.2) is 0 Å². The van der Waals surface area contributed by atoms with Crippen LogP contribution < -0.4 is 11.1 Å². The first-order chi connectivity index (χ1) is 7.54. The first kappa shape index (κ1) is 16.4. The van der Waals surface area contributed by atoms with Gasteiger partial charge in [0.2, 0.25) is 5.91 Å². The number of hydrogen-bond donors (Lipinski definition) is 2. The number of nitrogens with two attached hydrogens (primary N) is 1. The van der Waals surface area contributed by atoms with Crippen LogP contribution in [-0.4, -0.2) is 11.9 Å². The van der Waals surface area contributed by atoms with Crippen molar-refractivity contribution in [3.05, 3.63) is 34.3 Å². The topological polar surface area (TPSA) is 55.1 Å². The average Bonchev–Trinajstić information content (AvgIpc) is 2.27. The van der Waals surface area contributed by atoms with Gasteiger partial charge in [-0.3, -0.25) is 4.79 Å². The van der Waals surface area contributed by atoms with Crippen LogP contribution >= 0.6 is 28.3 Å². The summed E-state index contributed by atoms with van der Waals surface area (Å²) in [5.74, 6) is -0.102. The summed E-state index contributed by atoms with van der Waals surface area (Å²) in [5.41, 5.74) is 6.71. The molecule has 2 atom stereocenters. The van der Waals surface area contributed by atoms with Crippen molar-refractivity contribution in [1.29, 1.82) is 0 Å². The molecule has 0 aliphatic rings. The molecule has 0 aliphatic heterocycles. The first-order valence-corrected chi connectivity index (χ1v) is 6.15. The van der Waals surface area contributed by atoms with Crippen molar-refractivity contribution in [2.24, 2.45) is 5.73 Å². The smallest absolute Gasteiger partial charge is 0.237 e. The molecule has 0 radical (unpaired) electrons. The normalized spacial score (nSPS) is 13.4. The van der Waals surface area contributed by atoms with Crippen molar-refractivity contribution in [3.8, 4) is 0 Å². The highest BCUT2D eigenvalue weighted by Gasteiger charge is 2.14. The minimum Gasteiger partial charge on any atom is -0.348 e. The van der Waals surface area contributed by atoms with Gasteiger partial charge in [0.05, 0.1) is 12.1 Å². The zero-order chi connectivity index (χ0) is 12.1. The van der Waals surface area contributed by atoms with Gasteiger partial charge >= 0.3 is 0 Å². The molecule has 0 aliphatic carbocycles. The van der Waals surface area contributed by atoms with Crippen molar-refractivity contribution in [1.82, 2.24) is 5.32 Å². The van der Waals surface area contributed by atoms with E-state index in [1.54, 1.807) is 0 Å². The van der Waals surface area contributed by atoms with Crippen LogP contribution in [0.25, 0.3) is 0 Å². The van der Waals surface area contributed by atoms with E-state index in [-0.39, 0.29) is 24.4 Å². The van der Waals surface area contributed by atoms with Gasteiger partial charge < -0.3 is 11.1 Å². The number of rotatable bonds is 4. The van der Waals surface area contributed by atoms with E-state index >= 15 is 0 Å². The summed E-state index contributed by atoms with van der Waals surface area (Å²) >= 11 is 3.40. The molecule has 0 saturated heterocycles. The monoisotopic (exact) mass is 320 g/mol. The Morgan fingerprint density at radius 1 is 1.53 bits per heavy atom. The molecular weight excluding hydrogens is 304 g/mol. The highest BCUT2D eigenvalue weighted by molar-refractivity contribution is 9.10. The molecule has 5 heteroatoms. The number of hydrogen-bond acceptors (Lipinski definition) is 2. The van der Waals surface area contributed by atoms with E-state index in [2.05, 4.69) is 21.2 Å². The predicted molar refractivity (Wildman–Crippen MR) is 76.2 cm³/mol. The van der Waals surface area contributed by atoms with E-state index in [4.69, 9.17) is 5.73 Å². The lowest BCUT2D eigenvalue weighted by Crippen LogP contribution is -2.41. The fourth-order valence-corrected chi connectivity index (χ4v) is 1.78. The Hall–Kier alpha value is -0.580. The standard InChI is InChI=1S/C12H17BrN2O.ClH/c1-3-11(14)12(16)15-8(2)9-5-4-6-10(13)7-9;/h4-8,11H,3,14H2,1-2H3,(H,15,16);1H/t8?,11-;/m0./s1. The lowest BCUT2D eigenvalue weighted by Gasteiger charge is -2.17. The summed E-state index contributed by atoms with van der Waals surface area (Å²) in [7, 11) is 0. The first-order valence-electron chi connectivity index (χ1n) is 5.36. The predicted octanol–water partition coefficient (Wildman–Crippen LogP) is 2.79. The second-order valence-electron chi connectivity index (χ2n) is 3.80. The zero-order valence-corrected chi connectivity index (χ0v) is 12.3. The van der Waals surface area contributed by atoms with Gasteiger partial charge in [-0.05, 0) is 31.0 Å². The molecule has 0 heterocycles. The van der Waals surface area contributed by atoms with Crippen LogP contribution in [0.1, 0.15) is 31.9 Å². The van der Waals surface area contributed by atoms with Gasteiger partial charge in [0, 0.05) is 4.47 Å². The molecule has 1 rings (SSSR count). The minimum atomic E-state index is -0.422. The van der Waals surface area contributed by atoms with Crippen LogP contribution in [0.4, 0.5) is 0 Å². The Balaban J connectivity index is 0.00000256. The highest BCUT2D eigenvalue weighted by Crippen LogP contribution is 2.17. The molecule has 0 bridgehead atoms. The lowest BCUT2D eigenvalue weighted by molar-refractivity contribution is -0.123. The van der Waals surface area contributed by atoms with Crippen LogP contribution in [0.2, 0.25) is 0 Å². The number of nitrogens with one attached hydrogen (secondary N) is 1. The van der Waals surface area contributed by atoms with Crippen molar-refractivity contribution < 1.29 is 4.79 Å². The molecule has 1 unspecified atom stereocenters. The van der Waals surface area contributed by atoms with Crippen LogP contribution in [0.5, 0.6) is 0 Å². The summed E-state index contributed by atoms with van der Waals surface area (Å²) in [6.45, 7) is 3.84. The largest absolute Gasteiger partial charge is 0.348 e. The molecule has 1 amide bonds. The summed E-state index contributed by atoms with van der Waals surface area (Å²) in [4.78, 5) is 11.6. The summed E-state index contributed by atoms with van der Waals surface area (Å²) in [5, 5.41) is 2.89. The van der Waals surface area contributed by atoms with Gasteiger partial charge in [0.25, 0.3) is 0 Å². The fraction of sp³-hybridized carbons (Fsp3) is 0.417. The number of amides is 1. The third-order valence-electron chi connectivity index (χ3n) is 2.48. The third kappa shape index (κ3) is 5.06. The average molecular weight is 322 g/mol. The van der Waals surface area contributed by atoms with Gasteiger partial charge in [0.1, 0.15) is 0 Å². The van der Waals surface area contributed by atoms with Crippen LogP contribution in [0.3, 0.4) is 0 Å². The number of halogens is 2. The van der Waals surface area contributed by atoms with Crippen molar-refractivity contribution in [2.45, 2.75) is 32.4 Å². The molecule has 0 spiro atoms. The van der Waals surface area contributed by atoms with Crippen LogP contribution in [0.15, 0.2) is 28.7 Å². The Morgan fingerprint density at radius 3 is 2.71 bits per heavy atom. The second-order valence-corrected chi connectivity index (χ2v) is 4.72. The molecular formula is C12H18BrClN2O. The van der Waals surface area contributed by atoms with Crippen molar-refractivity contribution in [3.63, 3.8) is 0 Å². The molecule has 1 aromatic carbocycles. The fourth-order valence-electron chi connectivity index (χ4n) is 1.37. The molecule has 96 valence electrons. The minimum absolute atomic E-state index is 0. The Bertz CT molecular complexity index is 373. The maximum atomic E-state index is 11.6. The van der Waals surface area contributed by atoms with E-state index in [1.807, 2.05) is 38.1 Å². The molecule has 0 fully saturated rings. The Kier molecular flexibility index (Phi) is 7.43. The van der Waals surface area contributed by atoms with E-state index in [1.165, 1.54) is 0 Å². The number of benzene rings is 1. The summed E-state index contributed by atoms with van der Waals surface area (Å²) in [6.07, 6.45) is 0.650. The van der Waals surface area contributed by atoms with E-state index in [9.17, 15) is 4.79 Å². The van der Waals surface area contributed by atoms with E-state index in [0.29, 0.717) is 6.42 Å². The maximum Gasteiger partial charge on any atom is 0.237 e. The van der Waals surface area contributed by atoms with Gasteiger partial charge in [-0.1, -0.05) is 35.0 Å². The lowest BCUT2D eigenvalue weighted by atomic mass is 10.1. The Labute approximate surface area is 117 Å². The summed E-state index contributed by atoms with van der Waals surface area (Å²) in [6, 6.07) is 7.42. The van der Waals surface area contributed by atoms with Crippen LogP contribution in [0, 0.1) is 0 Å². The van der Waals surface area contributed by atoms with Crippen molar-refractivity contribution in [2.75, 3.05) is 0 Å². The number of carbonyl (C=O) groups is 1. The van der Waals surface area contributed by atoms with Gasteiger partial charge in [-0.15, -0.1) is 12.4 Å². The molecule has 0 saturated carbocycles. The maximum absolute atomic E-state index is 11.6. The SMILES string of the molecule is CC[C@H](N)C(=O)NC(C)c1cccc(Br)c1.Cl. The molecule has 0 aromatic heterocycles. The van der Waals surface area contributed by atoms with E-state index < -0.39 is 6.04 Å². The highest BCUT2D eigenvalue weighted by atomic mass is 79.9.